The normalized spacial score (nSPS) is 12.4. The maximum absolute atomic E-state index is 13.2. The average Bonchev–Trinajstić information content (AvgIpc) is 2.34. The second-order valence-corrected chi connectivity index (χ2v) is 5.61. The molecule has 0 fully saturated rings. The van der Waals surface area contributed by atoms with Gasteiger partial charge in [-0.05, 0) is 47.9 Å². The van der Waals surface area contributed by atoms with Crippen LogP contribution in [-0.2, 0) is 6.42 Å². The van der Waals surface area contributed by atoms with Gasteiger partial charge in [0.2, 0.25) is 0 Å². The van der Waals surface area contributed by atoms with Crippen molar-refractivity contribution in [2.45, 2.75) is 12.5 Å². The number of benzene rings is 2. The first-order chi connectivity index (χ1) is 9.08. The molecule has 100 valence electrons. The Kier molecular flexibility index (Phi) is 4.93. The van der Waals surface area contributed by atoms with Gasteiger partial charge in [0.25, 0.3) is 0 Å². The zero-order chi connectivity index (χ0) is 13.8. The highest BCUT2D eigenvalue weighted by Gasteiger charge is 2.12. The van der Waals surface area contributed by atoms with Gasteiger partial charge in [0, 0.05) is 9.50 Å². The van der Waals surface area contributed by atoms with Gasteiger partial charge >= 0.3 is 0 Å². The van der Waals surface area contributed by atoms with E-state index in [0.29, 0.717) is 11.4 Å². The highest BCUT2D eigenvalue weighted by atomic mass is 79.9. The molecule has 0 saturated carbocycles. The van der Waals surface area contributed by atoms with E-state index in [1.807, 2.05) is 18.2 Å². The predicted molar refractivity (Wildman–Crippen MR) is 79.3 cm³/mol. The summed E-state index contributed by atoms with van der Waals surface area (Å²) in [6.45, 7) is 0. The predicted octanol–water partition coefficient (Wildman–Crippen LogP) is 3.99. The number of halogens is 3. The zero-order valence-electron chi connectivity index (χ0n) is 10.0. The van der Waals surface area contributed by atoms with Crippen molar-refractivity contribution >= 4 is 27.5 Å². The smallest absolute Gasteiger partial charge is 0.123 e. The summed E-state index contributed by atoms with van der Waals surface area (Å²) >= 11 is 9.42. The lowest BCUT2D eigenvalue weighted by Gasteiger charge is -2.17. The first-order valence-corrected chi connectivity index (χ1v) is 6.92. The molecular weight excluding hydrogens is 331 g/mol. The molecule has 2 aromatic carbocycles. The van der Waals surface area contributed by atoms with E-state index in [-0.39, 0.29) is 11.9 Å². The van der Waals surface area contributed by atoms with Crippen LogP contribution in [0.15, 0.2) is 46.9 Å². The maximum atomic E-state index is 13.2. The van der Waals surface area contributed by atoms with Crippen molar-refractivity contribution in [1.29, 1.82) is 0 Å². The van der Waals surface area contributed by atoms with Crippen LogP contribution in [0, 0.1) is 5.82 Å². The van der Waals surface area contributed by atoms with Gasteiger partial charge in [-0.15, -0.1) is 0 Å². The van der Waals surface area contributed by atoms with Crippen LogP contribution in [0.25, 0.3) is 0 Å². The summed E-state index contributed by atoms with van der Waals surface area (Å²) in [5, 5.41) is 0.629. The van der Waals surface area contributed by atoms with Crippen LogP contribution >= 0.6 is 27.5 Å². The van der Waals surface area contributed by atoms with Crippen LogP contribution in [0.4, 0.5) is 4.39 Å². The molecular formula is C14H13BrClFN2. The largest absolute Gasteiger partial charge is 0.271 e. The van der Waals surface area contributed by atoms with Crippen molar-refractivity contribution in [3.8, 4) is 0 Å². The molecule has 0 radical (unpaired) electrons. The van der Waals surface area contributed by atoms with E-state index in [4.69, 9.17) is 17.4 Å². The molecule has 5 heteroatoms. The lowest BCUT2D eigenvalue weighted by Crippen LogP contribution is -2.29. The molecule has 0 aliphatic carbocycles. The van der Waals surface area contributed by atoms with Crippen molar-refractivity contribution in [2.75, 3.05) is 0 Å². The Balaban J connectivity index is 2.24. The average molecular weight is 344 g/mol. The van der Waals surface area contributed by atoms with E-state index < -0.39 is 0 Å². The summed E-state index contributed by atoms with van der Waals surface area (Å²) in [7, 11) is 0. The van der Waals surface area contributed by atoms with Crippen molar-refractivity contribution in [1.82, 2.24) is 5.43 Å². The Morgan fingerprint density at radius 3 is 2.68 bits per heavy atom. The second-order valence-electron chi connectivity index (χ2n) is 4.26. The van der Waals surface area contributed by atoms with E-state index in [2.05, 4.69) is 21.4 Å². The molecule has 0 heterocycles. The third-order valence-corrected chi connectivity index (χ3v) is 3.49. The lowest BCUT2D eigenvalue weighted by atomic mass is 9.99. The van der Waals surface area contributed by atoms with E-state index >= 15 is 0 Å². The van der Waals surface area contributed by atoms with Crippen molar-refractivity contribution in [2.24, 2.45) is 5.84 Å². The molecule has 0 aliphatic heterocycles. The molecule has 0 spiro atoms. The summed E-state index contributed by atoms with van der Waals surface area (Å²) in [6.07, 6.45) is 0.584. The minimum absolute atomic E-state index is 0.128. The fourth-order valence-corrected chi connectivity index (χ4v) is 2.84. The van der Waals surface area contributed by atoms with Crippen molar-refractivity contribution < 1.29 is 4.39 Å². The molecule has 0 saturated heterocycles. The number of hydrogen-bond donors (Lipinski definition) is 2. The highest BCUT2D eigenvalue weighted by molar-refractivity contribution is 9.10. The number of nitrogens with two attached hydrogens (primary N) is 1. The van der Waals surface area contributed by atoms with Crippen molar-refractivity contribution in [3.63, 3.8) is 0 Å². The van der Waals surface area contributed by atoms with Gasteiger partial charge in [0.1, 0.15) is 5.82 Å². The van der Waals surface area contributed by atoms with Crippen LogP contribution in [-0.4, -0.2) is 0 Å². The Labute approximate surface area is 124 Å². The molecule has 19 heavy (non-hydrogen) atoms. The topological polar surface area (TPSA) is 38.0 Å². The van der Waals surface area contributed by atoms with E-state index in [1.54, 1.807) is 12.1 Å². The number of nitrogens with one attached hydrogen (secondary N) is 1. The zero-order valence-corrected chi connectivity index (χ0v) is 12.4. The SMILES string of the molecule is NNC(Cc1cccc(F)c1)c1cc(Cl)cc(Br)c1. The summed E-state index contributed by atoms with van der Waals surface area (Å²) in [5.74, 6) is 5.34. The highest BCUT2D eigenvalue weighted by Crippen LogP contribution is 2.25. The van der Waals surface area contributed by atoms with Crippen LogP contribution in [0.3, 0.4) is 0 Å². The van der Waals surface area contributed by atoms with E-state index in [0.717, 1.165) is 15.6 Å². The van der Waals surface area contributed by atoms with Gasteiger partial charge < -0.3 is 0 Å². The monoisotopic (exact) mass is 342 g/mol. The Hall–Kier alpha value is -0.940. The van der Waals surface area contributed by atoms with Crippen LogP contribution < -0.4 is 11.3 Å². The van der Waals surface area contributed by atoms with Crippen molar-refractivity contribution in [3.05, 3.63) is 68.9 Å². The molecule has 2 nitrogen and oxygen atoms in total. The quantitative estimate of drug-likeness (QED) is 0.651. The molecule has 0 aromatic heterocycles. The van der Waals surface area contributed by atoms with Gasteiger partial charge in [0.15, 0.2) is 0 Å². The summed E-state index contributed by atoms with van der Waals surface area (Å²) in [5.41, 5.74) is 4.56. The van der Waals surface area contributed by atoms with Gasteiger partial charge in [-0.3, -0.25) is 11.3 Å². The van der Waals surface area contributed by atoms with Gasteiger partial charge in [-0.2, -0.15) is 0 Å². The number of hydrazine groups is 1. The maximum Gasteiger partial charge on any atom is 0.123 e. The molecule has 2 aromatic rings. The van der Waals surface area contributed by atoms with Gasteiger partial charge in [-0.25, -0.2) is 4.39 Å². The van der Waals surface area contributed by atoms with Crippen LogP contribution in [0.5, 0.6) is 0 Å². The minimum Gasteiger partial charge on any atom is -0.271 e. The molecule has 0 amide bonds. The fraction of sp³-hybridized carbons (Fsp3) is 0.143. The Morgan fingerprint density at radius 1 is 1.26 bits per heavy atom. The fourth-order valence-electron chi connectivity index (χ4n) is 1.95. The van der Waals surface area contributed by atoms with E-state index in [1.165, 1.54) is 12.1 Å². The Bertz CT molecular complexity index is 557. The molecule has 0 bridgehead atoms. The Morgan fingerprint density at radius 2 is 2.05 bits per heavy atom. The van der Waals surface area contributed by atoms with E-state index in [9.17, 15) is 4.39 Å². The first kappa shape index (κ1) is 14.5. The molecule has 1 unspecified atom stereocenters. The minimum atomic E-state index is -0.249. The van der Waals surface area contributed by atoms with Crippen LogP contribution in [0.2, 0.25) is 5.02 Å². The van der Waals surface area contributed by atoms with Gasteiger partial charge in [-0.1, -0.05) is 39.7 Å². The summed E-state index contributed by atoms with van der Waals surface area (Å²) < 4.78 is 14.1. The molecule has 1 atom stereocenters. The van der Waals surface area contributed by atoms with Gasteiger partial charge in [0.05, 0.1) is 6.04 Å². The number of rotatable bonds is 4. The first-order valence-electron chi connectivity index (χ1n) is 5.75. The third kappa shape index (κ3) is 4.01. The standard InChI is InChI=1S/C14H13BrClFN2/c15-11-6-10(7-12(16)8-11)14(19-18)5-9-2-1-3-13(17)4-9/h1-4,6-8,14,19H,5,18H2. The lowest BCUT2D eigenvalue weighted by molar-refractivity contribution is 0.548. The summed E-state index contributed by atoms with van der Waals surface area (Å²) in [4.78, 5) is 0. The summed E-state index contributed by atoms with van der Waals surface area (Å²) in [6, 6.07) is 11.9. The second kappa shape index (κ2) is 6.48. The molecule has 2 rings (SSSR count). The molecule has 3 N–H and O–H groups in total. The third-order valence-electron chi connectivity index (χ3n) is 2.82. The van der Waals surface area contributed by atoms with Crippen LogP contribution in [0.1, 0.15) is 17.2 Å². The number of hydrogen-bond acceptors (Lipinski definition) is 2. The molecule has 0 aliphatic rings.